The van der Waals surface area contributed by atoms with Gasteiger partial charge in [0.15, 0.2) is 0 Å². The first-order chi connectivity index (χ1) is 15.1. The summed E-state index contributed by atoms with van der Waals surface area (Å²) in [5, 5.41) is 0. The average Bonchev–Trinajstić information content (AvgIpc) is 2.99. The predicted octanol–water partition coefficient (Wildman–Crippen LogP) is 2.16. The summed E-state index contributed by atoms with van der Waals surface area (Å²) >= 11 is 0. The number of imide groups is 2. The van der Waals surface area contributed by atoms with Crippen LogP contribution in [0.1, 0.15) is 12.5 Å². The molecule has 4 amide bonds. The predicted molar refractivity (Wildman–Crippen MR) is 115 cm³/mol. The summed E-state index contributed by atoms with van der Waals surface area (Å²) in [6, 6.07) is 16.6. The lowest BCUT2D eigenvalue weighted by Gasteiger charge is -2.37. The third-order valence-corrected chi connectivity index (χ3v) is 5.54. The van der Waals surface area contributed by atoms with Gasteiger partial charge in [0.25, 0.3) is 0 Å². The van der Waals surface area contributed by atoms with Crippen molar-refractivity contribution in [2.75, 3.05) is 44.4 Å². The van der Waals surface area contributed by atoms with Crippen molar-refractivity contribution in [3.05, 3.63) is 60.2 Å². The third-order valence-electron chi connectivity index (χ3n) is 5.54. The SMILES string of the molecule is CCOc1ccccc1N1CCN(CN2C(=O)C(=O)N(Cc3ccccc3)C2=O)CC1. The minimum Gasteiger partial charge on any atom is -0.492 e. The molecule has 0 spiro atoms. The molecule has 0 radical (unpaired) electrons. The summed E-state index contributed by atoms with van der Waals surface area (Å²) in [4.78, 5) is 43.9. The zero-order valence-corrected chi connectivity index (χ0v) is 17.6. The molecule has 31 heavy (non-hydrogen) atoms. The Morgan fingerprint density at radius 1 is 0.806 bits per heavy atom. The van der Waals surface area contributed by atoms with E-state index in [1.165, 1.54) is 0 Å². The van der Waals surface area contributed by atoms with E-state index in [2.05, 4.69) is 4.90 Å². The molecule has 2 aliphatic rings. The smallest absolute Gasteiger partial charge is 0.335 e. The van der Waals surface area contributed by atoms with Gasteiger partial charge in [0, 0.05) is 26.2 Å². The van der Waals surface area contributed by atoms with E-state index in [1.807, 2.05) is 66.4 Å². The summed E-state index contributed by atoms with van der Waals surface area (Å²) in [5.41, 5.74) is 1.85. The number of rotatable bonds is 7. The van der Waals surface area contributed by atoms with Gasteiger partial charge in [-0.05, 0) is 24.6 Å². The van der Waals surface area contributed by atoms with E-state index in [0.29, 0.717) is 19.7 Å². The fraction of sp³-hybridized carbons (Fsp3) is 0.348. The standard InChI is InChI=1S/C23H26N4O4/c1-2-31-20-11-7-6-10-19(20)25-14-12-24(13-15-25)17-27-22(29)21(28)26(23(27)30)16-18-8-4-3-5-9-18/h3-11H,2,12-17H2,1H3. The van der Waals surface area contributed by atoms with Crippen molar-refractivity contribution < 1.29 is 19.1 Å². The Labute approximate surface area is 181 Å². The number of anilines is 1. The first kappa shape index (κ1) is 20.9. The molecular formula is C23H26N4O4. The number of urea groups is 1. The summed E-state index contributed by atoms with van der Waals surface area (Å²) in [6.45, 7) is 5.60. The Morgan fingerprint density at radius 3 is 2.16 bits per heavy atom. The number of benzene rings is 2. The number of hydrogen-bond acceptors (Lipinski definition) is 6. The van der Waals surface area contributed by atoms with Crippen LogP contribution in [-0.4, -0.2) is 72.0 Å². The van der Waals surface area contributed by atoms with Crippen molar-refractivity contribution in [3.63, 3.8) is 0 Å². The number of hydrogen-bond donors (Lipinski definition) is 0. The molecule has 2 fully saturated rings. The highest BCUT2D eigenvalue weighted by Crippen LogP contribution is 2.29. The number of nitrogens with zero attached hydrogens (tertiary/aromatic N) is 4. The van der Waals surface area contributed by atoms with Crippen molar-refractivity contribution >= 4 is 23.5 Å². The highest BCUT2D eigenvalue weighted by atomic mass is 16.5. The number of ether oxygens (including phenoxy) is 1. The van der Waals surface area contributed by atoms with Gasteiger partial charge in [0.1, 0.15) is 5.75 Å². The van der Waals surface area contributed by atoms with Gasteiger partial charge in [-0.25, -0.2) is 9.69 Å². The Morgan fingerprint density at radius 2 is 1.45 bits per heavy atom. The topological polar surface area (TPSA) is 73.4 Å². The monoisotopic (exact) mass is 422 g/mol. The highest BCUT2D eigenvalue weighted by Gasteiger charge is 2.45. The molecule has 2 heterocycles. The highest BCUT2D eigenvalue weighted by molar-refractivity contribution is 6.44. The minimum atomic E-state index is -0.766. The lowest BCUT2D eigenvalue weighted by atomic mass is 10.2. The number of para-hydroxylation sites is 2. The molecule has 0 aliphatic carbocycles. The summed E-state index contributed by atoms with van der Waals surface area (Å²) in [6.07, 6.45) is 0. The molecule has 0 unspecified atom stereocenters. The zero-order chi connectivity index (χ0) is 21.8. The molecule has 8 heteroatoms. The van der Waals surface area contributed by atoms with Crippen molar-refractivity contribution in [1.29, 1.82) is 0 Å². The Balaban J connectivity index is 1.37. The largest absolute Gasteiger partial charge is 0.492 e. The van der Waals surface area contributed by atoms with Gasteiger partial charge in [0.2, 0.25) is 0 Å². The van der Waals surface area contributed by atoms with Crippen LogP contribution < -0.4 is 9.64 Å². The maximum atomic E-state index is 12.8. The molecule has 0 aromatic heterocycles. The fourth-order valence-corrected chi connectivity index (χ4v) is 3.91. The second-order valence-corrected chi connectivity index (χ2v) is 7.54. The molecule has 2 saturated heterocycles. The van der Waals surface area contributed by atoms with E-state index in [9.17, 15) is 14.4 Å². The quantitative estimate of drug-likeness (QED) is 0.503. The lowest BCUT2D eigenvalue weighted by Crippen LogP contribution is -2.51. The Kier molecular flexibility index (Phi) is 6.18. The van der Waals surface area contributed by atoms with Crippen LogP contribution in [0, 0.1) is 0 Å². The molecule has 162 valence electrons. The van der Waals surface area contributed by atoms with Gasteiger partial charge in [-0.15, -0.1) is 0 Å². The van der Waals surface area contributed by atoms with Crippen LogP contribution in [0.4, 0.5) is 10.5 Å². The first-order valence-corrected chi connectivity index (χ1v) is 10.5. The van der Waals surface area contributed by atoms with Crippen LogP contribution in [0.15, 0.2) is 54.6 Å². The van der Waals surface area contributed by atoms with Crippen LogP contribution in [0.2, 0.25) is 0 Å². The van der Waals surface area contributed by atoms with Gasteiger partial charge >= 0.3 is 17.8 Å². The molecule has 2 aromatic carbocycles. The van der Waals surface area contributed by atoms with E-state index in [0.717, 1.165) is 39.9 Å². The summed E-state index contributed by atoms with van der Waals surface area (Å²) in [7, 11) is 0. The van der Waals surface area contributed by atoms with Crippen LogP contribution in [0.3, 0.4) is 0 Å². The molecule has 0 atom stereocenters. The molecule has 8 nitrogen and oxygen atoms in total. The van der Waals surface area contributed by atoms with E-state index < -0.39 is 17.8 Å². The zero-order valence-electron chi connectivity index (χ0n) is 17.6. The lowest BCUT2D eigenvalue weighted by molar-refractivity contribution is -0.144. The van der Waals surface area contributed by atoms with Crippen molar-refractivity contribution in [2.45, 2.75) is 13.5 Å². The maximum absolute atomic E-state index is 12.8. The molecule has 0 saturated carbocycles. The maximum Gasteiger partial charge on any atom is 0.335 e. The Bertz CT molecular complexity index is 957. The van der Waals surface area contributed by atoms with Gasteiger partial charge in [-0.2, -0.15) is 0 Å². The number of amides is 4. The fourth-order valence-electron chi connectivity index (χ4n) is 3.91. The van der Waals surface area contributed by atoms with Gasteiger partial charge in [0.05, 0.1) is 25.5 Å². The van der Waals surface area contributed by atoms with E-state index >= 15 is 0 Å². The summed E-state index contributed by atoms with van der Waals surface area (Å²) < 4.78 is 5.73. The van der Waals surface area contributed by atoms with E-state index in [4.69, 9.17) is 4.74 Å². The summed E-state index contributed by atoms with van der Waals surface area (Å²) in [5.74, 6) is -0.673. The van der Waals surface area contributed by atoms with Crippen LogP contribution in [-0.2, 0) is 16.1 Å². The van der Waals surface area contributed by atoms with Crippen LogP contribution >= 0.6 is 0 Å². The second kappa shape index (κ2) is 9.18. The van der Waals surface area contributed by atoms with Crippen molar-refractivity contribution in [1.82, 2.24) is 14.7 Å². The minimum absolute atomic E-state index is 0.0999. The third kappa shape index (κ3) is 4.39. The van der Waals surface area contributed by atoms with Crippen LogP contribution in [0.25, 0.3) is 0 Å². The van der Waals surface area contributed by atoms with Gasteiger partial charge < -0.3 is 9.64 Å². The first-order valence-electron chi connectivity index (χ1n) is 10.5. The average molecular weight is 422 g/mol. The number of carbonyl (C=O) groups is 3. The van der Waals surface area contributed by atoms with Crippen molar-refractivity contribution in [3.8, 4) is 5.75 Å². The Hall–Kier alpha value is -3.39. The van der Waals surface area contributed by atoms with Gasteiger partial charge in [-0.1, -0.05) is 42.5 Å². The van der Waals surface area contributed by atoms with Gasteiger partial charge in [-0.3, -0.25) is 19.4 Å². The molecular weight excluding hydrogens is 396 g/mol. The molecule has 2 aromatic rings. The van der Waals surface area contributed by atoms with E-state index in [1.54, 1.807) is 0 Å². The van der Waals surface area contributed by atoms with Crippen LogP contribution in [0.5, 0.6) is 5.75 Å². The number of carbonyl (C=O) groups excluding carboxylic acids is 3. The molecule has 0 N–H and O–H groups in total. The number of piperazine rings is 1. The molecule has 4 rings (SSSR count). The second-order valence-electron chi connectivity index (χ2n) is 7.54. The normalized spacial score (nSPS) is 17.6. The van der Waals surface area contributed by atoms with Crippen molar-refractivity contribution in [2.24, 2.45) is 0 Å². The molecule has 0 bridgehead atoms. The van der Waals surface area contributed by atoms with E-state index in [-0.39, 0.29) is 13.2 Å². The molecule has 2 aliphatic heterocycles.